The quantitative estimate of drug-likeness (QED) is 0.789. The largest absolute Gasteiger partial charge is 0.504 e. The standard InChI is InChI=1S/C17H18O3/c18-15-12-9-5-6-10-13(12)16(19)17(20)14(15)11-7-3-1-2-4-8-11/h5-6,9-11,20H,1-4,7-8H2. The van der Waals surface area contributed by atoms with Crippen LogP contribution in [0.4, 0.5) is 0 Å². The van der Waals surface area contributed by atoms with Crippen molar-refractivity contribution in [1.29, 1.82) is 0 Å². The van der Waals surface area contributed by atoms with E-state index in [1.165, 1.54) is 12.8 Å². The van der Waals surface area contributed by atoms with Crippen LogP contribution >= 0.6 is 0 Å². The molecule has 0 bridgehead atoms. The van der Waals surface area contributed by atoms with Crippen LogP contribution in [0.3, 0.4) is 0 Å². The lowest BCUT2D eigenvalue weighted by Crippen LogP contribution is -2.26. The van der Waals surface area contributed by atoms with E-state index in [1.54, 1.807) is 24.3 Å². The molecular formula is C17H18O3. The summed E-state index contributed by atoms with van der Waals surface area (Å²) < 4.78 is 0. The van der Waals surface area contributed by atoms with Crippen molar-refractivity contribution in [1.82, 2.24) is 0 Å². The predicted molar refractivity (Wildman–Crippen MR) is 75.9 cm³/mol. The summed E-state index contributed by atoms with van der Waals surface area (Å²) >= 11 is 0. The van der Waals surface area contributed by atoms with E-state index in [4.69, 9.17) is 0 Å². The van der Waals surface area contributed by atoms with Gasteiger partial charge in [0, 0.05) is 16.7 Å². The van der Waals surface area contributed by atoms with Crippen molar-refractivity contribution in [3.05, 3.63) is 46.7 Å². The van der Waals surface area contributed by atoms with Gasteiger partial charge in [-0.2, -0.15) is 0 Å². The number of hydrogen-bond donors (Lipinski definition) is 1. The molecule has 20 heavy (non-hydrogen) atoms. The second-order valence-electron chi connectivity index (χ2n) is 5.65. The van der Waals surface area contributed by atoms with Crippen LogP contribution in [0.25, 0.3) is 0 Å². The zero-order valence-electron chi connectivity index (χ0n) is 11.4. The lowest BCUT2D eigenvalue weighted by molar-refractivity contribution is 0.0917. The zero-order chi connectivity index (χ0) is 14.1. The van der Waals surface area contributed by atoms with Crippen molar-refractivity contribution in [3.8, 4) is 0 Å². The molecule has 3 nitrogen and oxygen atoms in total. The Bertz CT molecular complexity index is 590. The van der Waals surface area contributed by atoms with Crippen LogP contribution in [-0.2, 0) is 0 Å². The highest BCUT2D eigenvalue weighted by Crippen LogP contribution is 2.36. The van der Waals surface area contributed by atoms with Crippen LogP contribution in [0.2, 0.25) is 0 Å². The molecule has 0 atom stereocenters. The van der Waals surface area contributed by atoms with Gasteiger partial charge in [-0.3, -0.25) is 9.59 Å². The number of carbonyl (C=O) groups is 2. The molecule has 0 heterocycles. The van der Waals surface area contributed by atoms with Gasteiger partial charge in [0.1, 0.15) is 0 Å². The summed E-state index contributed by atoms with van der Waals surface area (Å²) in [6.45, 7) is 0. The van der Waals surface area contributed by atoms with Gasteiger partial charge in [0.15, 0.2) is 11.5 Å². The number of rotatable bonds is 1. The van der Waals surface area contributed by atoms with Crippen molar-refractivity contribution in [3.63, 3.8) is 0 Å². The van der Waals surface area contributed by atoms with Crippen LogP contribution in [-0.4, -0.2) is 16.7 Å². The monoisotopic (exact) mass is 270 g/mol. The minimum absolute atomic E-state index is 0.0299. The molecule has 1 fully saturated rings. The number of aliphatic hydroxyl groups is 1. The van der Waals surface area contributed by atoms with Crippen LogP contribution < -0.4 is 0 Å². The van der Waals surface area contributed by atoms with Crippen molar-refractivity contribution in [2.75, 3.05) is 0 Å². The molecule has 1 aromatic rings. The molecule has 0 amide bonds. The third kappa shape index (κ3) is 2.07. The SMILES string of the molecule is O=C1C(O)=C(C2CCCCCC2)C(=O)c2ccccc21. The maximum absolute atomic E-state index is 12.6. The minimum Gasteiger partial charge on any atom is -0.504 e. The van der Waals surface area contributed by atoms with Gasteiger partial charge in [-0.15, -0.1) is 0 Å². The van der Waals surface area contributed by atoms with Gasteiger partial charge in [-0.1, -0.05) is 49.9 Å². The molecule has 1 aromatic carbocycles. The Morgan fingerprint density at radius 1 is 0.850 bits per heavy atom. The van der Waals surface area contributed by atoms with E-state index in [0.717, 1.165) is 25.7 Å². The fraction of sp³-hybridized carbons (Fsp3) is 0.412. The highest BCUT2D eigenvalue weighted by atomic mass is 16.3. The van der Waals surface area contributed by atoms with E-state index >= 15 is 0 Å². The molecule has 0 spiro atoms. The Labute approximate surface area is 118 Å². The van der Waals surface area contributed by atoms with Crippen LogP contribution in [0.15, 0.2) is 35.6 Å². The van der Waals surface area contributed by atoms with E-state index in [-0.39, 0.29) is 17.5 Å². The zero-order valence-corrected chi connectivity index (χ0v) is 11.4. The van der Waals surface area contributed by atoms with Crippen LogP contribution in [0.5, 0.6) is 0 Å². The average molecular weight is 270 g/mol. The molecule has 0 saturated heterocycles. The summed E-state index contributed by atoms with van der Waals surface area (Å²) in [7, 11) is 0. The van der Waals surface area contributed by atoms with Gasteiger partial charge in [-0.05, 0) is 18.8 Å². The van der Waals surface area contributed by atoms with Crippen LogP contribution in [0.1, 0.15) is 59.2 Å². The highest BCUT2D eigenvalue weighted by Gasteiger charge is 2.35. The normalized spacial score (nSPS) is 20.8. The van der Waals surface area contributed by atoms with Gasteiger partial charge in [-0.25, -0.2) is 0 Å². The first-order valence-electron chi connectivity index (χ1n) is 7.31. The fourth-order valence-corrected chi connectivity index (χ4v) is 3.33. The lowest BCUT2D eigenvalue weighted by atomic mass is 9.79. The van der Waals surface area contributed by atoms with E-state index in [0.29, 0.717) is 16.7 Å². The average Bonchev–Trinajstić information content (AvgIpc) is 2.74. The van der Waals surface area contributed by atoms with Gasteiger partial charge >= 0.3 is 0 Å². The van der Waals surface area contributed by atoms with Crippen molar-refractivity contribution in [2.24, 2.45) is 5.92 Å². The summed E-state index contributed by atoms with van der Waals surface area (Å²) in [4.78, 5) is 24.9. The number of ketones is 2. The predicted octanol–water partition coefficient (Wildman–Crippen LogP) is 3.85. The molecule has 0 aromatic heterocycles. The molecule has 1 saturated carbocycles. The summed E-state index contributed by atoms with van der Waals surface area (Å²) in [6.07, 6.45) is 6.24. The van der Waals surface area contributed by atoms with E-state index in [1.807, 2.05) is 0 Å². The first-order chi connectivity index (χ1) is 9.70. The highest BCUT2D eigenvalue weighted by molar-refractivity contribution is 6.26. The first kappa shape index (κ1) is 13.1. The molecule has 0 aliphatic heterocycles. The Balaban J connectivity index is 2.04. The van der Waals surface area contributed by atoms with Gasteiger partial charge < -0.3 is 5.11 Å². The molecule has 104 valence electrons. The van der Waals surface area contributed by atoms with E-state index in [2.05, 4.69) is 0 Å². The van der Waals surface area contributed by atoms with E-state index in [9.17, 15) is 14.7 Å². The molecular weight excluding hydrogens is 252 g/mol. The van der Waals surface area contributed by atoms with Gasteiger partial charge in [0.2, 0.25) is 5.78 Å². The molecule has 0 unspecified atom stereocenters. The number of Topliss-reactive ketones (excluding diaryl/α,β-unsaturated/α-hetero) is 2. The minimum atomic E-state index is -0.403. The number of aliphatic hydroxyl groups excluding tert-OH is 1. The topological polar surface area (TPSA) is 54.4 Å². The molecule has 2 aliphatic rings. The Morgan fingerprint density at radius 2 is 1.40 bits per heavy atom. The fourth-order valence-electron chi connectivity index (χ4n) is 3.33. The number of allylic oxidation sites excluding steroid dienone is 2. The molecule has 2 aliphatic carbocycles. The van der Waals surface area contributed by atoms with Crippen molar-refractivity contribution < 1.29 is 14.7 Å². The van der Waals surface area contributed by atoms with Gasteiger partial charge in [0.25, 0.3) is 0 Å². The first-order valence-corrected chi connectivity index (χ1v) is 7.31. The molecule has 3 heteroatoms. The Hall–Kier alpha value is -1.90. The lowest BCUT2D eigenvalue weighted by Gasteiger charge is -2.23. The smallest absolute Gasteiger partial charge is 0.228 e. The Kier molecular flexibility index (Phi) is 3.43. The third-order valence-corrected chi connectivity index (χ3v) is 4.39. The maximum atomic E-state index is 12.6. The molecule has 3 rings (SSSR count). The second-order valence-corrected chi connectivity index (χ2v) is 5.65. The number of fused-ring (bicyclic) bond motifs is 1. The second kappa shape index (κ2) is 5.23. The maximum Gasteiger partial charge on any atom is 0.228 e. The van der Waals surface area contributed by atoms with Crippen molar-refractivity contribution in [2.45, 2.75) is 38.5 Å². The summed E-state index contributed by atoms with van der Waals surface area (Å²) in [6, 6.07) is 6.76. The molecule has 0 radical (unpaired) electrons. The van der Waals surface area contributed by atoms with Crippen molar-refractivity contribution >= 4 is 11.6 Å². The number of carbonyl (C=O) groups excluding carboxylic acids is 2. The summed E-state index contributed by atoms with van der Waals surface area (Å²) in [5, 5.41) is 10.2. The molecule has 1 N–H and O–H groups in total. The number of benzene rings is 1. The van der Waals surface area contributed by atoms with Gasteiger partial charge in [0.05, 0.1) is 0 Å². The third-order valence-electron chi connectivity index (χ3n) is 4.39. The Morgan fingerprint density at radius 3 is 2.00 bits per heavy atom. The van der Waals surface area contributed by atoms with Crippen LogP contribution in [0, 0.1) is 5.92 Å². The summed E-state index contributed by atoms with van der Waals surface area (Å²) in [5.74, 6) is -0.855. The number of hydrogen-bond acceptors (Lipinski definition) is 3. The summed E-state index contributed by atoms with van der Waals surface area (Å²) in [5.41, 5.74) is 1.12. The van der Waals surface area contributed by atoms with E-state index < -0.39 is 5.78 Å².